The lowest BCUT2D eigenvalue weighted by atomic mass is 9.74. The first kappa shape index (κ1) is 6.14. The standard InChI is InChI=1S/C6H8BN2/c1-7-5-2-3-6(8)9-4-5/h2-4H,1H3,(H2,8,9). The van der Waals surface area contributed by atoms with Gasteiger partial charge in [-0.25, -0.2) is 4.98 Å². The molecule has 9 heavy (non-hydrogen) atoms. The maximum atomic E-state index is 5.36. The summed E-state index contributed by atoms with van der Waals surface area (Å²) in [7, 11) is 1.98. The number of nitrogens with two attached hydrogens (primary N) is 1. The van der Waals surface area contributed by atoms with Gasteiger partial charge in [0.15, 0.2) is 0 Å². The molecule has 0 atom stereocenters. The van der Waals surface area contributed by atoms with Gasteiger partial charge in [-0.05, 0) is 6.07 Å². The molecule has 2 nitrogen and oxygen atoms in total. The molecule has 45 valence electrons. The molecule has 1 heterocycles. The normalized spacial score (nSPS) is 9.00. The SMILES string of the molecule is C[B]c1ccc(N)nc1. The largest absolute Gasteiger partial charge is 0.384 e. The van der Waals surface area contributed by atoms with Gasteiger partial charge in [-0.2, -0.15) is 0 Å². The molecule has 0 spiro atoms. The Hall–Kier alpha value is -0.985. The van der Waals surface area contributed by atoms with Crippen LogP contribution in [0.4, 0.5) is 5.82 Å². The minimum absolute atomic E-state index is 0.570. The molecular weight excluding hydrogens is 111 g/mol. The average molecular weight is 119 g/mol. The van der Waals surface area contributed by atoms with Crippen LogP contribution in [-0.4, -0.2) is 12.3 Å². The Labute approximate surface area is 55.3 Å². The van der Waals surface area contributed by atoms with Crippen molar-refractivity contribution >= 4 is 18.6 Å². The number of rotatable bonds is 1. The summed E-state index contributed by atoms with van der Waals surface area (Å²) in [6, 6.07) is 3.72. The molecule has 1 rings (SSSR count). The summed E-state index contributed by atoms with van der Waals surface area (Å²) in [6.07, 6.45) is 1.75. The van der Waals surface area contributed by atoms with Gasteiger partial charge in [0.2, 0.25) is 0 Å². The number of anilines is 1. The molecule has 0 fully saturated rings. The fourth-order valence-corrected chi connectivity index (χ4v) is 0.588. The molecule has 1 aromatic rings. The summed E-state index contributed by atoms with van der Waals surface area (Å²) in [4.78, 5) is 3.90. The molecule has 2 N–H and O–H groups in total. The van der Waals surface area contributed by atoms with Gasteiger partial charge < -0.3 is 5.73 Å². The number of hydrogen-bond donors (Lipinski definition) is 1. The zero-order chi connectivity index (χ0) is 6.69. The van der Waals surface area contributed by atoms with Gasteiger partial charge in [0.05, 0.1) is 0 Å². The van der Waals surface area contributed by atoms with E-state index in [-0.39, 0.29) is 0 Å². The minimum atomic E-state index is 0.570. The maximum absolute atomic E-state index is 5.36. The van der Waals surface area contributed by atoms with Crippen LogP contribution in [0.2, 0.25) is 6.82 Å². The van der Waals surface area contributed by atoms with E-state index in [4.69, 9.17) is 5.73 Å². The molecule has 0 aliphatic heterocycles. The third-order valence-electron chi connectivity index (χ3n) is 1.14. The summed E-state index contributed by atoms with van der Waals surface area (Å²) in [5.41, 5.74) is 6.46. The zero-order valence-corrected chi connectivity index (χ0v) is 5.33. The van der Waals surface area contributed by atoms with Gasteiger partial charge in [-0.3, -0.25) is 0 Å². The third-order valence-corrected chi connectivity index (χ3v) is 1.14. The van der Waals surface area contributed by atoms with Gasteiger partial charge in [0.1, 0.15) is 13.1 Å². The van der Waals surface area contributed by atoms with Crippen molar-refractivity contribution in [1.29, 1.82) is 0 Å². The lowest BCUT2D eigenvalue weighted by Gasteiger charge is -1.92. The summed E-state index contributed by atoms with van der Waals surface area (Å²) in [6.45, 7) is 1.97. The van der Waals surface area contributed by atoms with E-state index in [9.17, 15) is 0 Å². The Balaban J connectivity index is 2.88. The molecule has 0 aliphatic carbocycles. The molecule has 1 radical (unpaired) electrons. The van der Waals surface area contributed by atoms with Gasteiger partial charge in [0, 0.05) is 6.20 Å². The summed E-state index contributed by atoms with van der Waals surface area (Å²) in [5.74, 6) is 0.570. The number of nitrogen functional groups attached to an aromatic ring is 1. The molecule has 3 heteroatoms. The van der Waals surface area contributed by atoms with Crippen molar-refractivity contribution in [3.8, 4) is 0 Å². The first-order chi connectivity index (χ1) is 4.33. The van der Waals surface area contributed by atoms with Crippen LogP contribution in [0.25, 0.3) is 0 Å². The van der Waals surface area contributed by atoms with E-state index in [1.54, 1.807) is 12.3 Å². The molecule has 0 aliphatic rings. The van der Waals surface area contributed by atoms with Crippen LogP contribution in [0.5, 0.6) is 0 Å². The first-order valence-corrected chi connectivity index (χ1v) is 2.84. The number of nitrogens with zero attached hydrogens (tertiary/aromatic N) is 1. The van der Waals surface area contributed by atoms with Crippen molar-refractivity contribution in [3.05, 3.63) is 18.3 Å². The van der Waals surface area contributed by atoms with E-state index in [0.717, 1.165) is 5.46 Å². The molecule has 0 amide bonds. The second-order valence-electron chi connectivity index (χ2n) is 1.81. The van der Waals surface area contributed by atoms with Gasteiger partial charge in [0.25, 0.3) is 0 Å². The van der Waals surface area contributed by atoms with E-state index in [1.165, 1.54) is 0 Å². The molecule has 1 aromatic heterocycles. The second kappa shape index (κ2) is 2.53. The monoisotopic (exact) mass is 119 g/mol. The first-order valence-electron chi connectivity index (χ1n) is 2.84. The molecule has 0 unspecified atom stereocenters. The number of pyridine rings is 1. The highest BCUT2D eigenvalue weighted by molar-refractivity contribution is 6.51. The van der Waals surface area contributed by atoms with E-state index < -0.39 is 0 Å². The molecule has 0 bridgehead atoms. The van der Waals surface area contributed by atoms with Crippen LogP contribution in [0.15, 0.2) is 18.3 Å². The van der Waals surface area contributed by atoms with Crippen LogP contribution in [-0.2, 0) is 0 Å². The lowest BCUT2D eigenvalue weighted by molar-refractivity contribution is 1.36. The highest BCUT2D eigenvalue weighted by Crippen LogP contribution is 1.88. The lowest BCUT2D eigenvalue weighted by Crippen LogP contribution is -2.10. The van der Waals surface area contributed by atoms with Gasteiger partial charge in [-0.1, -0.05) is 18.4 Å². The Morgan fingerprint density at radius 2 is 2.33 bits per heavy atom. The van der Waals surface area contributed by atoms with Gasteiger partial charge >= 0.3 is 0 Å². The molecule has 0 aromatic carbocycles. The fraction of sp³-hybridized carbons (Fsp3) is 0.167. The number of hydrogen-bond acceptors (Lipinski definition) is 2. The smallest absolute Gasteiger partial charge is 0.150 e. The van der Waals surface area contributed by atoms with Crippen molar-refractivity contribution in [2.75, 3.05) is 5.73 Å². The topological polar surface area (TPSA) is 38.9 Å². The van der Waals surface area contributed by atoms with Crippen molar-refractivity contribution in [2.45, 2.75) is 6.82 Å². The summed E-state index contributed by atoms with van der Waals surface area (Å²) >= 11 is 0. The molecule has 0 saturated heterocycles. The number of aromatic nitrogens is 1. The van der Waals surface area contributed by atoms with E-state index >= 15 is 0 Å². The highest BCUT2D eigenvalue weighted by Gasteiger charge is 1.87. The summed E-state index contributed by atoms with van der Waals surface area (Å²) < 4.78 is 0. The highest BCUT2D eigenvalue weighted by atomic mass is 14.8. The predicted octanol–water partition coefficient (Wildman–Crippen LogP) is 0.0414. The summed E-state index contributed by atoms with van der Waals surface area (Å²) in [5, 5.41) is 0. The average Bonchev–Trinajstić information content (AvgIpc) is 1.90. The minimum Gasteiger partial charge on any atom is -0.384 e. The van der Waals surface area contributed by atoms with E-state index in [2.05, 4.69) is 4.98 Å². The van der Waals surface area contributed by atoms with Gasteiger partial charge in [-0.15, -0.1) is 0 Å². The van der Waals surface area contributed by atoms with Crippen LogP contribution < -0.4 is 11.2 Å². The van der Waals surface area contributed by atoms with Crippen LogP contribution in [0.1, 0.15) is 0 Å². The van der Waals surface area contributed by atoms with Crippen LogP contribution in [0, 0.1) is 0 Å². The third kappa shape index (κ3) is 1.45. The Morgan fingerprint density at radius 3 is 2.78 bits per heavy atom. The Morgan fingerprint density at radius 1 is 1.56 bits per heavy atom. The van der Waals surface area contributed by atoms with Crippen LogP contribution in [0.3, 0.4) is 0 Å². The Kier molecular flexibility index (Phi) is 1.73. The Bertz CT molecular complexity index is 183. The molecular formula is C6H8BN2. The van der Waals surface area contributed by atoms with Crippen molar-refractivity contribution in [2.24, 2.45) is 0 Å². The van der Waals surface area contributed by atoms with E-state index in [0.29, 0.717) is 5.82 Å². The quantitative estimate of drug-likeness (QED) is 0.530. The zero-order valence-electron chi connectivity index (χ0n) is 5.33. The fourth-order valence-electron chi connectivity index (χ4n) is 0.588. The second-order valence-corrected chi connectivity index (χ2v) is 1.81. The predicted molar refractivity (Wildman–Crippen MR) is 39.9 cm³/mol. The van der Waals surface area contributed by atoms with Crippen LogP contribution >= 0.6 is 0 Å². The van der Waals surface area contributed by atoms with Crippen molar-refractivity contribution in [3.63, 3.8) is 0 Å². The van der Waals surface area contributed by atoms with Crippen molar-refractivity contribution in [1.82, 2.24) is 4.98 Å². The van der Waals surface area contributed by atoms with Crippen molar-refractivity contribution < 1.29 is 0 Å². The van der Waals surface area contributed by atoms with E-state index in [1.807, 2.05) is 20.2 Å². The molecule has 0 saturated carbocycles. The maximum Gasteiger partial charge on any atom is 0.150 e.